The van der Waals surface area contributed by atoms with Crippen LogP contribution in [-0.2, 0) is 9.53 Å². The molecule has 0 amide bonds. The SMILES string of the molecule is CCC=C(C(=O)OCCC)N(C)C.[Ca+2].[H-].[H-]. The summed E-state index contributed by atoms with van der Waals surface area (Å²) in [4.78, 5) is 13.2. The zero-order valence-electron chi connectivity index (χ0n) is 11.7. The molecule has 0 N–H and O–H groups in total. The van der Waals surface area contributed by atoms with E-state index < -0.39 is 0 Å². The van der Waals surface area contributed by atoms with E-state index in [1.165, 1.54) is 0 Å². The molecule has 0 aromatic rings. The summed E-state index contributed by atoms with van der Waals surface area (Å²) in [5.41, 5.74) is 0.635. The molecule has 0 fully saturated rings. The standard InChI is InChI=1S/C10H19NO2.Ca.2H/c1-5-7-9(11(3)4)10(12)13-8-6-2;;;/h7H,5-6,8H2,1-4H3;;;/q;+2;2*-1. The van der Waals surface area contributed by atoms with Crippen LogP contribution >= 0.6 is 0 Å². The molecule has 0 saturated carbocycles. The van der Waals surface area contributed by atoms with Gasteiger partial charge in [-0.05, 0) is 12.8 Å². The number of ether oxygens (including phenoxy) is 1. The van der Waals surface area contributed by atoms with E-state index in [0.29, 0.717) is 12.3 Å². The third-order valence-corrected chi connectivity index (χ3v) is 1.53. The minimum Gasteiger partial charge on any atom is -1.00 e. The van der Waals surface area contributed by atoms with Gasteiger partial charge in [0.05, 0.1) is 6.61 Å². The smallest absolute Gasteiger partial charge is 1.00 e. The van der Waals surface area contributed by atoms with Crippen LogP contribution in [0.5, 0.6) is 0 Å². The molecule has 0 aliphatic carbocycles. The number of allylic oxidation sites excluding steroid dienone is 1. The first-order chi connectivity index (χ1) is 6.13. The molecule has 4 heteroatoms. The molecule has 0 radical (unpaired) electrons. The van der Waals surface area contributed by atoms with Gasteiger partial charge in [0, 0.05) is 14.1 Å². The van der Waals surface area contributed by atoms with Gasteiger partial charge in [-0.1, -0.05) is 19.9 Å². The first kappa shape index (κ1) is 16.7. The largest absolute Gasteiger partial charge is 2.00 e. The molecule has 0 aliphatic heterocycles. The third-order valence-electron chi connectivity index (χ3n) is 1.53. The van der Waals surface area contributed by atoms with Gasteiger partial charge in [0.15, 0.2) is 0 Å². The van der Waals surface area contributed by atoms with Crippen molar-refractivity contribution in [2.24, 2.45) is 0 Å². The van der Waals surface area contributed by atoms with E-state index >= 15 is 0 Å². The van der Waals surface area contributed by atoms with Crippen LogP contribution < -0.4 is 0 Å². The summed E-state index contributed by atoms with van der Waals surface area (Å²) in [5, 5.41) is 0. The molecular formula is C10H21CaNO2. The van der Waals surface area contributed by atoms with Crippen molar-refractivity contribution in [3.05, 3.63) is 11.8 Å². The Morgan fingerprint density at radius 1 is 1.43 bits per heavy atom. The Bertz CT molecular complexity index is 199. The summed E-state index contributed by atoms with van der Waals surface area (Å²) in [6, 6.07) is 0. The minimum absolute atomic E-state index is 0. The van der Waals surface area contributed by atoms with Crippen molar-refractivity contribution in [3.8, 4) is 0 Å². The molecular weight excluding hydrogens is 206 g/mol. The number of esters is 1. The van der Waals surface area contributed by atoms with Crippen molar-refractivity contribution in [3.63, 3.8) is 0 Å². The minimum atomic E-state index is -0.228. The second-order valence-corrected chi connectivity index (χ2v) is 3.03. The second-order valence-electron chi connectivity index (χ2n) is 3.03. The maximum atomic E-state index is 11.4. The molecule has 0 saturated heterocycles. The monoisotopic (exact) mass is 227 g/mol. The van der Waals surface area contributed by atoms with Gasteiger partial charge in [-0.3, -0.25) is 0 Å². The topological polar surface area (TPSA) is 29.5 Å². The van der Waals surface area contributed by atoms with E-state index in [4.69, 9.17) is 4.74 Å². The third kappa shape index (κ3) is 6.68. The number of rotatable bonds is 5. The van der Waals surface area contributed by atoms with Crippen LogP contribution in [-0.4, -0.2) is 69.3 Å². The van der Waals surface area contributed by atoms with E-state index in [-0.39, 0.29) is 46.6 Å². The van der Waals surface area contributed by atoms with Gasteiger partial charge in [-0.15, -0.1) is 0 Å². The fourth-order valence-electron chi connectivity index (χ4n) is 0.911. The Hall–Kier alpha value is 0.270. The Labute approximate surface area is 119 Å². The zero-order valence-corrected chi connectivity index (χ0v) is 11.9. The molecule has 0 aromatic carbocycles. The van der Waals surface area contributed by atoms with Crippen LogP contribution in [0.1, 0.15) is 29.5 Å². The molecule has 0 unspecified atom stereocenters. The molecule has 0 bridgehead atoms. The van der Waals surface area contributed by atoms with E-state index in [1.54, 1.807) is 4.90 Å². The molecule has 0 atom stereocenters. The average Bonchev–Trinajstić information content (AvgIpc) is 2.09. The van der Waals surface area contributed by atoms with Crippen molar-refractivity contribution >= 4 is 43.7 Å². The Morgan fingerprint density at radius 3 is 2.36 bits per heavy atom. The molecule has 14 heavy (non-hydrogen) atoms. The number of carbonyl (C=O) groups is 1. The second kappa shape index (κ2) is 9.81. The van der Waals surface area contributed by atoms with E-state index in [1.807, 2.05) is 34.0 Å². The van der Waals surface area contributed by atoms with Crippen LogP contribution in [0, 0.1) is 0 Å². The normalized spacial score (nSPS) is 10.4. The van der Waals surface area contributed by atoms with Gasteiger partial charge < -0.3 is 12.5 Å². The van der Waals surface area contributed by atoms with Gasteiger partial charge in [0.2, 0.25) is 0 Å². The first-order valence-corrected chi connectivity index (χ1v) is 4.68. The summed E-state index contributed by atoms with van der Waals surface area (Å²) in [6.07, 6.45) is 3.57. The summed E-state index contributed by atoms with van der Waals surface area (Å²) in [6.45, 7) is 4.47. The molecule has 0 aromatic heterocycles. The zero-order chi connectivity index (χ0) is 10.3. The summed E-state index contributed by atoms with van der Waals surface area (Å²) in [7, 11) is 3.68. The Kier molecular flexibility index (Phi) is 11.7. The number of hydrogen-bond acceptors (Lipinski definition) is 3. The summed E-state index contributed by atoms with van der Waals surface area (Å²) < 4.78 is 5.02. The fraction of sp³-hybridized carbons (Fsp3) is 0.700. The predicted molar refractivity (Wildman–Crippen MR) is 61.3 cm³/mol. The van der Waals surface area contributed by atoms with Gasteiger partial charge in [0.25, 0.3) is 0 Å². The van der Waals surface area contributed by atoms with Crippen LogP contribution in [0.4, 0.5) is 0 Å². The summed E-state index contributed by atoms with van der Waals surface area (Å²) in [5.74, 6) is -0.228. The van der Waals surface area contributed by atoms with E-state index in [0.717, 1.165) is 12.8 Å². The van der Waals surface area contributed by atoms with Gasteiger partial charge >= 0.3 is 43.7 Å². The maximum absolute atomic E-state index is 11.4. The van der Waals surface area contributed by atoms with Crippen molar-refractivity contribution in [2.75, 3.05) is 20.7 Å². The average molecular weight is 227 g/mol. The molecule has 80 valence electrons. The predicted octanol–water partition coefficient (Wildman–Crippen LogP) is 1.64. The van der Waals surface area contributed by atoms with Gasteiger partial charge in [-0.2, -0.15) is 0 Å². The maximum Gasteiger partial charge on any atom is 2.00 e. The van der Waals surface area contributed by atoms with Crippen molar-refractivity contribution < 1.29 is 12.4 Å². The van der Waals surface area contributed by atoms with E-state index in [9.17, 15) is 4.79 Å². The van der Waals surface area contributed by atoms with Crippen LogP contribution in [0.2, 0.25) is 0 Å². The van der Waals surface area contributed by atoms with Gasteiger partial charge in [-0.25, -0.2) is 4.79 Å². The van der Waals surface area contributed by atoms with Crippen LogP contribution in [0.25, 0.3) is 0 Å². The molecule has 0 rings (SSSR count). The van der Waals surface area contributed by atoms with Crippen LogP contribution in [0.3, 0.4) is 0 Å². The van der Waals surface area contributed by atoms with Crippen molar-refractivity contribution in [1.82, 2.24) is 4.90 Å². The summed E-state index contributed by atoms with van der Waals surface area (Å²) >= 11 is 0. The van der Waals surface area contributed by atoms with E-state index in [2.05, 4.69) is 0 Å². The van der Waals surface area contributed by atoms with Crippen molar-refractivity contribution in [2.45, 2.75) is 26.7 Å². The number of likely N-dealkylation sites (N-methyl/N-ethyl adjacent to an activating group) is 1. The molecule has 0 heterocycles. The Balaban J connectivity index is -0.000000240. The van der Waals surface area contributed by atoms with Gasteiger partial charge in [0.1, 0.15) is 5.70 Å². The molecule has 3 nitrogen and oxygen atoms in total. The fourth-order valence-corrected chi connectivity index (χ4v) is 0.911. The Morgan fingerprint density at radius 2 is 2.00 bits per heavy atom. The quantitative estimate of drug-likeness (QED) is 0.406. The van der Waals surface area contributed by atoms with Crippen LogP contribution in [0.15, 0.2) is 11.8 Å². The number of carbonyl (C=O) groups excluding carboxylic acids is 1. The van der Waals surface area contributed by atoms with Crippen molar-refractivity contribution in [1.29, 1.82) is 0 Å². The number of nitrogens with zero attached hydrogens (tertiary/aromatic N) is 1. The molecule has 0 aliphatic rings. The first-order valence-electron chi connectivity index (χ1n) is 4.68. The molecule has 0 spiro atoms. The number of hydrogen-bond donors (Lipinski definition) is 0.